The molecular weight excluding hydrogens is 214 g/mol. The fraction of sp³-hybridized carbons (Fsp3) is 0.571. The Hall–Kier alpha value is -1.06. The first kappa shape index (κ1) is 12.4. The third kappa shape index (κ3) is 2.61. The summed E-state index contributed by atoms with van der Waals surface area (Å²) in [6.07, 6.45) is 0.677. The van der Waals surface area contributed by atoms with Crippen LogP contribution in [0.3, 0.4) is 0 Å². The standard InChI is InChI=1S/C14H21NO2/c1-14(2,3)13(17)10-4-6-11-9(8-10)5-7-12(16)15-11/h4,6,8,12-13,15-17H,5,7H2,1-3H3. The summed E-state index contributed by atoms with van der Waals surface area (Å²) >= 11 is 0. The van der Waals surface area contributed by atoms with E-state index in [1.165, 1.54) is 5.56 Å². The molecule has 0 radical (unpaired) electrons. The van der Waals surface area contributed by atoms with Gasteiger partial charge in [0.05, 0.1) is 6.10 Å². The first-order valence-corrected chi connectivity index (χ1v) is 6.13. The van der Waals surface area contributed by atoms with E-state index < -0.39 is 12.3 Å². The Morgan fingerprint density at radius 1 is 1.35 bits per heavy atom. The minimum atomic E-state index is -0.459. The van der Waals surface area contributed by atoms with Gasteiger partial charge in [0.15, 0.2) is 0 Å². The Morgan fingerprint density at radius 3 is 2.71 bits per heavy atom. The van der Waals surface area contributed by atoms with Crippen LogP contribution < -0.4 is 5.32 Å². The van der Waals surface area contributed by atoms with E-state index in [2.05, 4.69) is 5.32 Å². The maximum atomic E-state index is 10.2. The molecule has 1 aliphatic heterocycles. The largest absolute Gasteiger partial charge is 0.388 e. The molecule has 0 bridgehead atoms. The Morgan fingerprint density at radius 2 is 2.06 bits per heavy atom. The van der Waals surface area contributed by atoms with Crippen molar-refractivity contribution in [2.45, 2.75) is 45.9 Å². The van der Waals surface area contributed by atoms with Crippen LogP contribution in [0.15, 0.2) is 18.2 Å². The number of anilines is 1. The van der Waals surface area contributed by atoms with Crippen LogP contribution in [0.25, 0.3) is 0 Å². The minimum absolute atomic E-state index is 0.157. The molecule has 0 saturated carbocycles. The van der Waals surface area contributed by atoms with E-state index in [0.717, 1.165) is 24.1 Å². The van der Waals surface area contributed by atoms with Crippen molar-refractivity contribution in [3.05, 3.63) is 29.3 Å². The molecule has 1 aliphatic rings. The van der Waals surface area contributed by atoms with Gasteiger partial charge in [-0.3, -0.25) is 0 Å². The predicted octanol–water partition coefficient (Wildman–Crippen LogP) is 2.44. The number of fused-ring (bicyclic) bond motifs is 1. The van der Waals surface area contributed by atoms with Gasteiger partial charge in [0.2, 0.25) is 0 Å². The maximum absolute atomic E-state index is 10.2. The molecule has 2 atom stereocenters. The summed E-state index contributed by atoms with van der Waals surface area (Å²) in [7, 11) is 0. The number of aliphatic hydroxyl groups is 2. The minimum Gasteiger partial charge on any atom is -0.388 e. The highest BCUT2D eigenvalue weighted by Crippen LogP contribution is 2.35. The fourth-order valence-corrected chi connectivity index (χ4v) is 2.18. The first-order valence-electron chi connectivity index (χ1n) is 6.13. The second-order valence-electron chi connectivity index (χ2n) is 5.88. The average molecular weight is 235 g/mol. The highest BCUT2D eigenvalue weighted by molar-refractivity contribution is 5.55. The summed E-state index contributed by atoms with van der Waals surface area (Å²) in [5.41, 5.74) is 2.95. The van der Waals surface area contributed by atoms with Crippen LogP contribution in [0.2, 0.25) is 0 Å². The molecule has 3 heteroatoms. The van der Waals surface area contributed by atoms with Gasteiger partial charge in [-0.05, 0) is 35.4 Å². The molecule has 0 amide bonds. The van der Waals surface area contributed by atoms with Crippen molar-refractivity contribution in [1.82, 2.24) is 0 Å². The van der Waals surface area contributed by atoms with Crippen molar-refractivity contribution in [1.29, 1.82) is 0 Å². The van der Waals surface area contributed by atoms with Crippen molar-refractivity contribution in [2.24, 2.45) is 5.41 Å². The molecule has 3 nitrogen and oxygen atoms in total. The van der Waals surface area contributed by atoms with Gasteiger partial charge < -0.3 is 15.5 Å². The monoisotopic (exact) mass is 235 g/mol. The van der Waals surface area contributed by atoms with Gasteiger partial charge in [-0.1, -0.05) is 32.9 Å². The van der Waals surface area contributed by atoms with Gasteiger partial charge in [0.1, 0.15) is 6.23 Å². The summed E-state index contributed by atoms with van der Waals surface area (Å²) in [5, 5.41) is 22.8. The second-order valence-corrected chi connectivity index (χ2v) is 5.88. The van der Waals surface area contributed by atoms with Gasteiger partial charge in [0.25, 0.3) is 0 Å². The van der Waals surface area contributed by atoms with E-state index in [0.29, 0.717) is 0 Å². The van der Waals surface area contributed by atoms with Crippen molar-refractivity contribution in [3.63, 3.8) is 0 Å². The lowest BCUT2D eigenvalue weighted by molar-refractivity contribution is 0.0626. The molecule has 0 spiro atoms. The highest BCUT2D eigenvalue weighted by atomic mass is 16.3. The summed E-state index contributed by atoms with van der Waals surface area (Å²) in [6, 6.07) is 5.92. The molecule has 2 unspecified atom stereocenters. The average Bonchev–Trinajstić information content (AvgIpc) is 2.26. The van der Waals surface area contributed by atoms with Crippen LogP contribution in [0, 0.1) is 5.41 Å². The molecule has 2 rings (SSSR count). The van der Waals surface area contributed by atoms with Crippen LogP contribution in [0.1, 0.15) is 44.4 Å². The smallest absolute Gasteiger partial charge is 0.124 e. The summed E-state index contributed by atoms with van der Waals surface area (Å²) in [6.45, 7) is 6.08. The normalized spacial score (nSPS) is 21.6. The Labute approximate surface area is 102 Å². The maximum Gasteiger partial charge on any atom is 0.124 e. The van der Waals surface area contributed by atoms with E-state index in [1.54, 1.807) is 0 Å². The van der Waals surface area contributed by atoms with Crippen molar-refractivity contribution in [3.8, 4) is 0 Å². The van der Waals surface area contributed by atoms with Crippen LogP contribution in [0.5, 0.6) is 0 Å². The molecule has 0 fully saturated rings. The van der Waals surface area contributed by atoms with E-state index in [9.17, 15) is 10.2 Å². The highest BCUT2D eigenvalue weighted by Gasteiger charge is 2.25. The SMILES string of the molecule is CC(C)(C)C(O)c1ccc2c(c1)CCC(O)N2. The van der Waals surface area contributed by atoms with Gasteiger partial charge in [-0.2, -0.15) is 0 Å². The molecule has 0 aliphatic carbocycles. The van der Waals surface area contributed by atoms with E-state index in [-0.39, 0.29) is 5.41 Å². The molecule has 1 aromatic rings. The second kappa shape index (κ2) is 4.31. The Balaban J connectivity index is 2.28. The molecule has 1 aromatic carbocycles. The third-order valence-corrected chi connectivity index (χ3v) is 3.27. The number of hydrogen-bond donors (Lipinski definition) is 3. The molecule has 3 N–H and O–H groups in total. The first-order chi connectivity index (χ1) is 7.88. The summed E-state index contributed by atoms with van der Waals surface area (Å²) < 4.78 is 0. The molecule has 0 aromatic heterocycles. The molecule has 17 heavy (non-hydrogen) atoms. The lowest BCUT2D eigenvalue weighted by Crippen LogP contribution is -2.25. The lowest BCUT2D eigenvalue weighted by Gasteiger charge is -2.28. The van der Waals surface area contributed by atoms with Crippen LogP contribution >= 0.6 is 0 Å². The number of aliphatic hydroxyl groups excluding tert-OH is 2. The summed E-state index contributed by atoms with van der Waals surface area (Å²) in [4.78, 5) is 0. The quantitative estimate of drug-likeness (QED) is 0.701. The van der Waals surface area contributed by atoms with E-state index in [1.807, 2.05) is 39.0 Å². The predicted molar refractivity (Wildman–Crippen MR) is 68.8 cm³/mol. The zero-order valence-corrected chi connectivity index (χ0v) is 10.7. The molecule has 94 valence electrons. The van der Waals surface area contributed by atoms with E-state index >= 15 is 0 Å². The van der Waals surface area contributed by atoms with E-state index in [4.69, 9.17) is 0 Å². The van der Waals surface area contributed by atoms with Crippen molar-refractivity contribution < 1.29 is 10.2 Å². The third-order valence-electron chi connectivity index (χ3n) is 3.27. The van der Waals surface area contributed by atoms with Gasteiger partial charge >= 0.3 is 0 Å². The zero-order valence-electron chi connectivity index (χ0n) is 10.7. The number of rotatable bonds is 1. The van der Waals surface area contributed by atoms with Crippen LogP contribution in [0.4, 0.5) is 5.69 Å². The van der Waals surface area contributed by atoms with Crippen LogP contribution in [-0.4, -0.2) is 16.4 Å². The molecule has 0 saturated heterocycles. The fourth-order valence-electron chi connectivity index (χ4n) is 2.18. The van der Waals surface area contributed by atoms with Gasteiger partial charge in [-0.15, -0.1) is 0 Å². The number of benzene rings is 1. The van der Waals surface area contributed by atoms with Gasteiger partial charge in [0, 0.05) is 5.69 Å². The number of nitrogens with one attached hydrogen (secondary N) is 1. The number of hydrogen-bond acceptors (Lipinski definition) is 3. The van der Waals surface area contributed by atoms with Crippen LogP contribution in [-0.2, 0) is 6.42 Å². The molecular formula is C14H21NO2. The van der Waals surface area contributed by atoms with Crippen molar-refractivity contribution in [2.75, 3.05) is 5.32 Å². The Bertz CT molecular complexity index is 409. The zero-order chi connectivity index (χ0) is 12.6. The number of aryl methyl sites for hydroxylation is 1. The summed E-state index contributed by atoms with van der Waals surface area (Å²) in [5.74, 6) is 0. The topological polar surface area (TPSA) is 52.5 Å². The lowest BCUT2D eigenvalue weighted by atomic mass is 9.83. The van der Waals surface area contributed by atoms with Crippen molar-refractivity contribution >= 4 is 5.69 Å². The molecule has 1 heterocycles. The van der Waals surface area contributed by atoms with Gasteiger partial charge in [-0.25, -0.2) is 0 Å². The Kier molecular flexibility index (Phi) is 3.15.